The first-order chi connectivity index (χ1) is 10.9. The smallest absolute Gasteiger partial charge is 0.263 e. The molecule has 1 heterocycles. The molecule has 1 aromatic heterocycles. The Kier molecular flexibility index (Phi) is 5.77. The number of aromatic nitrogens is 1. The zero-order chi connectivity index (χ0) is 17.0. The van der Waals surface area contributed by atoms with Crippen LogP contribution in [0.15, 0.2) is 24.3 Å². The molecule has 0 saturated carbocycles. The van der Waals surface area contributed by atoms with Gasteiger partial charge in [-0.1, -0.05) is 26.0 Å². The Labute approximate surface area is 142 Å². The van der Waals surface area contributed by atoms with E-state index in [1.165, 1.54) is 11.3 Å². The van der Waals surface area contributed by atoms with Crippen LogP contribution in [-0.4, -0.2) is 25.0 Å². The summed E-state index contributed by atoms with van der Waals surface area (Å²) >= 11 is 1.51. The molecule has 0 radical (unpaired) electrons. The lowest BCUT2D eigenvalue weighted by atomic mass is 10.1. The lowest BCUT2D eigenvalue weighted by Crippen LogP contribution is -2.22. The van der Waals surface area contributed by atoms with Crippen molar-refractivity contribution < 1.29 is 4.79 Å². The third-order valence-corrected chi connectivity index (χ3v) is 4.69. The van der Waals surface area contributed by atoms with Gasteiger partial charge in [0.25, 0.3) is 5.91 Å². The predicted octanol–water partition coefficient (Wildman–Crippen LogP) is 3.65. The highest BCUT2D eigenvalue weighted by Gasteiger charge is 2.15. The quantitative estimate of drug-likeness (QED) is 0.879. The molecule has 0 bridgehead atoms. The van der Waals surface area contributed by atoms with E-state index in [1.54, 1.807) is 0 Å². The number of nitrogens with zero attached hydrogens (tertiary/aromatic N) is 2. The fourth-order valence-electron chi connectivity index (χ4n) is 2.31. The van der Waals surface area contributed by atoms with Crippen LogP contribution < -0.4 is 10.2 Å². The molecule has 5 heteroatoms. The van der Waals surface area contributed by atoms with Gasteiger partial charge in [0.15, 0.2) is 0 Å². The first kappa shape index (κ1) is 17.5. The number of carbonyl (C=O) groups excluding carboxylic acids is 1. The summed E-state index contributed by atoms with van der Waals surface area (Å²) in [5.74, 6) is 0.510. The number of hydrogen-bond donors (Lipinski definition) is 1. The van der Waals surface area contributed by atoms with Crippen molar-refractivity contribution in [3.05, 3.63) is 45.4 Å². The number of carbonyl (C=O) groups is 1. The molecule has 0 saturated heterocycles. The number of nitrogens with one attached hydrogen (secondary N) is 1. The van der Waals surface area contributed by atoms with Gasteiger partial charge in [-0.3, -0.25) is 4.79 Å². The van der Waals surface area contributed by atoms with Gasteiger partial charge in [-0.15, -0.1) is 11.3 Å². The second-order valence-corrected chi connectivity index (χ2v) is 7.45. The summed E-state index contributed by atoms with van der Waals surface area (Å²) in [6, 6.07) is 8.17. The van der Waals surface area contributed by atoms with Crippen molar-refractivity contribution >= 4 is 22.9 Å². The van der Waals surface area contributed by atoms with Gasteiger partial charge in [0.05, 0.1) is 10.7 Å². The van der Waals surface area contributed by atoms with Crippen molar-refractivity contribution in [2.75, 3.05) is 19.0 Å². The van der Waals surface area contributed by atoms with Crippen molar-refractivity contribution in [3.63, 3.8) is 0 Å². The van der Waals surface area contributed by atoms with E-state index in [9.17, 15) is 4.79 Å². The molecular formula is C18H25N3OS. The first-order valence-electron chi connectivity index (χ1n) is 7.87. The van der Waals surface area contributed by atoms with Crippen LogP contribution in [0.5, 0.6) is 0 Å². The summed E-state index contributed by atoms with van der Waals surface area (Å²) in [4.78, 5) is 19.7. The highest BCUT2D eigenvalue weighted by Crippen LogP contribution is 2.21. The molecule has 1 amide bonds. The van der Waals surface area contributed by atoms with Crippen LogP contribution in [0.1, 0.15) is 39.8 Å². The number of aryl methyl sites for hydroxylation is 1. The van der Waals surface area contributed by atoms with E-state index in [0.29, 0.717) is 12.5 Å². The van der Waals surface area contributed by atoms with E-state index < -0.39 is 0 Å². The Morgan fingerprint density at radius 1 is 1.35 bits per heavy atom. The van der Waals surface area contributed by atoms with E-state index in [1.807, 2.05) is 33.2 Å². The van der Waals surface area contributed by atoms with E-state index >= 15 is 0 Å². The standard InChI is InChI=1S/C18H25N3OS/c1-12(2)9-16-20-13(3)17(23-16)18(22)19-11-14-7-6-8-15(10-14)21(4)5/h6-8,10,12H,9,11H2,1-5H3,(H,19,22). The molecule has 4 nitrogen and oxygen atoms in total. The van der Waals surface area contributed by atoms with Crippen LogP contribution in [-0.2, 0) is 13.0 Å². The average molecular weight is 331 g/mol. The fourth-order valence-corrected chi connectivity index (χ4v) is 3.50. The molecule has 1 N–H and O–H groups in total. The number of hydrogen-bond acceptors (Lipinski definition) is 4. The van der Waals surface area contributed by atoms with Crippen LogP contribution in [0.2, 0.25) is 0 Å². The minimum absolute atomic E-state index is 0.0368. The maximum absolute atomic E-state index is 12.4. The van der Waals surface area contributed by atoms with E-state index in [0.717, 1.165) is 33.3 Å². The third kappa shape index (κ3) is 4.79. The second-order valence-electron chi connectivity index (χ2n) is 6.37. The van der Waals surface area contributed by atoms with Crippen LogP contribution in [0, 0.1) is 12.8 Å². The Balaban J connectivity index is 2.02. The zero-order valence-electron chi connectivity index (χ0n) is 14.5. The van der Waals surface area contributed by atoms with Gasteiger partial charge in [-0.05, 0) is 30.5 Å². The minimum atomic E-state index is -0.0368. The molecule has 0 fully saturated rings. The summed E-state index contributed by atoms with van der Waals surface area (Å²) in [6.45, 7) is 6.75. The molecule has 0 aliphatic carbocycles. The van der Waals surface area contributed by atoms with Crippen LogP contribution in [0.25, 0.3) is 0 Å². The molecular weight excluding hydrogens is 306 g/mol. The van der Waals surface area contributed by atoms with Crippen LogP contribution >= 0.6 is 11.3 Å². The van der Waals surface area contributed by atoms with Gasteiger partial charge in [-0.25, -0.2) is 4.98 Å². The maximum Gasteiger partial charge on any atom is 0.263 e. The summed E-state index contributed by atoms with van der Waals surface area (Å²) in [5, 5.41) is 4.04. The zero-order valence-corrected chi connectivity index (χ0v) is 15.3. The maximum atomic E-state index is 12.4. The Hall–Kier alpha value is -1.88. The molecule has 124 valence electrons. The lowest BCUT2D eigenvalue weighted by Gasteiger charge is -2.13. The summed E-state index contributed by atoms with van der Waals surface area (Å²) in [7, 11) is 4.02. The molecule has 0 aliphatic rings. The average Bonchev–Trinajstić information content (AvgIpc) is 2.84. The SMILES string of the molecule is Cc1nc(CC(C)C)sc1C(=O)NCc1cccc(N(C)C)c1. The molecule has 23 heavy (non-hydrogen) atoms. The number of rotatable bonds is 6. The molecule has 2 aromatic rings. The summed E-state index contributed by atoms with van der Waals surface area (Å²) in [6.07, 6.45) is 0.920. The number of amides is 1. The van der Waals surface area contributed by atoms with Gasteiger partial charge < -0.3 is 10.2 Å². The predicted molar refractivity (Wildman–Crippen MR) is 97.3 cm³/mol. The van der Waals surface area contributed by atoms with Crippen LogP contribution in [0.4, 0.5) is 5.69 Å². The molecule has 0 atom stereocenters. The van der Waals surface area contributed by atoms with Gasteiger partial charge in [-0.2, -0.15) is 0 Å². The second kappa shape index (κ2) is 7.59. The van der Waals surface area contributed by atoms with E-state index in [2.05, 4.69) is 41.2 Å². The normalized spacial score (nSPS) is 10.9. The summed E-state index contributed by atoms with van der Waals surface area (Å²) < 4.78 is 0. The largest absolute Gasteiger partial charge is 0.378 e. The first-order valence-corrected chi connectivity index (χ1v) is 8.69. The fraction of sp³-hybridized carbons (Fsp3) is 0.444. The van der Waals surface area contributed by atoms with Crippen molar-refractivity contribution in [3.8, 4) is 0 Å². The monoisotopic (exact) mass is 331 g/mol. The topological polar surface area (TPSA) is 45.2 Å². The highest BCUT2D eigenvalue weighted by atomic mass is 32.1. The van der Waals surface area contributed by atoms with Gasteiger partial charge in [0.1, 0.15) is 4.88 Å². The third-order valence-electron chi connectivity index (χ3n) is 3.51. The number of thiazole rings is 1. The molecule has 0 spiro atoms. The number of anilines is 1. The van der Waals surface area contributed by atoms with Crippen molar-refractivity contribution in [2.45, 2.75) is 33.7 Å². The van der Waals surface area contributed by atoms with Crippen molar-refractivity contribution in [1.82, 2.24) is 10.3 Å². The molecule has 0 aliphatic heterocycles. The van der Waals surface area contributed by atoms with Gasteiger partial charge in [0.2, 0.25) is 0 Å². The Bertz CT molecular complexity index is 677. The van der Waals surface area contributed by atoms with E-state index in [4.69, 9.17) is 0 Å². The Morgan fingerprint density at radius 2 is 2.09 bits per heavy atom. The van der Waals surface area contributed by atoms with Crippen LogP contribution in [0.3, 0.4) is 0 Å². The highest BCUT2D eigenvalue weighted by molar-refractivity contribution is 7.13. The molecule has 1 aromatic carbocycles. The lowest BCUT2D eigenvalue weighted by molar-refractivity contribution is 0.0954. The van der Waals surface area contributed by atoms with Gasteiger partial charge >= 0.3 is 0 Å². The molecule has 2 rings (SSSR count). The van der Waals surface area contributed by atoms with Gasteiger partial charge in [0, 0.05) is 32.7 Å². The summed E-state index contributed by atoms with van der Waals surface area (Å²) in [5.41, 5.74) is 3.05. The number of benzene rings is 1. The Morgan fingerprint density at radius 3 is 2.74 bits per heavy atom. The van der Waals surface area contributed by atoms with E-state index in [-0.39, 0.29) is 5.91 Å². The minimum Gasteiger partial charge on any atom is -0.378 e. The molecule has 0 unspecified atom stereocenters. The van der Waals surface area contributed by atoms with Crippen molar-refractivity contribution in [2.24, 2.45) is 5.92 Å². The van der Waals surface area contributed by atoms with Crippen molar-refractivity contribution in [1.29, 1.82) is 0 Å².